The Hall–Kier alpha value is -2.07. The largest absolute Gasteiger partial charge is 0.399 e. The predicted octanol–water partition coefficient (Wildman–Crippen LogP) is 2.56. The number of benzene rings is 1. The topological polar surface area (TPSA) is 56.2 Å². The van der Waals surface area contributed by atoms with E-state index < -0.39 is 0 Å². The summed E-state index contributed by atoms with van der Waals surface area (Å²) in [6.07, 6.45) is 2.49. The maximum Gasteiger partial charge on any atom is 0.157 e. The van der Waals surface area contributed by atoms with Gasteiger partial charge in [-0.05, 0) is 23.8 Å². The van der Waals surface area contributed by atoms with E-state index in [1.807, 2.05) is 30.5 Å². The van der Waals surface area contributed by atoms with Crippen molar-refractivity contribution in [3.8, 4) is 0 Å². The number of hydrogen-bond donors (Lipinski definition) is 1. The third-order valence-corrected chi connectivity index (χ3v) is 2.93. The van der Waals surface area contributed by atoms with Gasteiger partial charge in [0.05, 0.1) is 0 Å². The van der Waals surface area contributed by atoms with E-state index >= 15 is 0 Å². The van der Waals surface area contributed by atoms with E-state index in [2.05, 4.69) is 10.1 Å². The second kappa shape index (κ2) is 4.31. The van der Waals surface area contributed by atoms with E-state index in [0.29, 0.717) is 12.1 Å². The molecule has 3 rings (SSSR count). The lowest BCUT2D eigenvalue weighted by Gasteiger charge is -1.96. The SMILES string of the molecule is Nc1ccn2nc(Cc3ccc(Cl)cc3)nc2c1. The van der Waals surface area contributed by atoms with Crippen molar-refractivity contribution in [2.45, 2.75) is 6.42 Å². The van der Waals surface area contributed by atoms with Crippen molar-refractivity contribution in [2.24, 2.45) is 0 Å². The summed E-state index contributed by atoms with van der Waals surface area (Å²) in [5, 5.41) is 5.12. The molecule has 3 aromatic rings. The van der Waals surface area contributed by atoms with Crippen LogP contribution < -0.4 is 5.73 Å². The molecule has 0 amide bonds. The van der Waals surface area contributed by atoms with Gasteiger partial charge in [-0.15, -0.1) is 0 Å². The Labute approximate surface area is 109 Å². The second-order valence-electron chi connectivity index (χ2n) is 4.09. The lowest BCUT2D eigenvalue weighted by atomic mass is 10.1. The third kappa shape index (κ3) is 2.15. The highest BCUT2D eigenvalue weighted by molar-refractivity contribution is 6.30. The third-order valence-electron chi connectivity index (χ3n) is 2.68. The number of anilines is 1. The van der Waals surface area contributed by atoms with Crippen molar-refractivity contribution < 1.29 is 0 Å². The molecular formula is C13H11ClN4. The first kappa shape index (κ1) is 11.0. The fourth-order valence-corrected chi connectivity index (χ4v) is 1.93. The zero-order valence-corrected chi connectivity index (χ0v) is 10.3. The van der Waals surface area contributed by atoms with Crippen LogP contribution in [0.25, 0.3) is 5.65 Å². The van der Waals surface area contributed by atoms with Gasteiger partial charge < -0.3 is 5.73 Å². The van der Waals surface area contributed by atoms with Crippen LogP contribution in [0, 0.1) is 0 Å². The van der Waals surface area contributed by atoms with Crippen LogP contribution in [0.3, 0.4) is 0 Å². The quantitative estimate of drug-likeness (QED) is 0.769. The molecule has 2 N–H and O–H groups in total. The van der Waals surface area contributed by atoms with Crippen LogP contribution in [0.1, 0.15) is 11.4 Å². The van der Waals surface area contributed by atoms with Gasteiger partial charge in [0.1, 0.15) is 0 Å². The number of rotatable bonds is 2. The highest BCUT2D eigenvalue weighted by atomic mass is 35.5. The van der Waals surface area contributed by atoms with Crippen LogP contribution >= 0.6 is 11.6 Å². The Morgan fingerprint density at radius 2 is 1.94 bits per heavy atom. The minimum atomic E-state index is 0.679. The molecular weight excluding hydrogens is 248 g/mol. The van der Waals surface area contributed by atoms with Gasteiger partial charge in [-0.3, -0.25) is 0 Å². The molecule has 0 radical (unpaired) electrons. The molecule has 0 aliphatic heterocycles. The van der Waals surface area contributed by atoms with E-state index in [1.54, 1.807) is 16.6 Å². The van der Waals surface area contributed by atoms with Gasteiger partial charge in [-0.25, -0.2) is 9.50 Å². The van der Waals surface area contributed by atoms with E-state index in [4.69, 9.17) is 17.3 Å². The summed E-state index contributed by atoms with van der Waals surface area (Å²) in [5.41, 5.74) is 8.29. The van der Waals surface area contributed by atoms with E-state index in [-0.39, 0.29) is 0 Å². The average molecular weight is 259 g/mol. The fourth-order valence-electron chi connectivity index (χ4n) is 1.80. The van der Waals surface area contributed by atoms with E-state index in [0.717, 1.165) is 22.1 Å². The number of fused-ring (bicyclic) bond motifs is 1. The minimum absolute atomic E-state index is 0.679. The number of halogens is 1. The first-order valence-electron chi connectivity index (χ1n) is 5.56. The number of nitrogens with zero attached hydrogens (tertiary/aromatic N) is 3. The minimum Gasteiger partial charge on any atom is -0.399 e. The number of nitrogen functional groups attached to an aromatic ring is 1. The Bertz CT molecular complexity index is 688. The number of hydrogen-bond acceptors (Lipinski definition) is 3. The van der Waals surface area contributed by atoms with Gasteiger partial charge in [0.25, 0.3) is 0 Å². The normalized spacial score (nSPS) is 10.9. The Kier molecular flexibility index (Phi) is 2.64. The fraction of sp³-hybridized carbons (Fsp3) is 0.0769. The van der Waals surface area contributed by atoms with Crippen LogP contribution in [-0.4, -0.2) is 14.6 Å². The molecule has 0 bridgehead atoms. The average Bonchev–Trinajstić information content (AvgIpc) is 2.73. The zero-order valence-electron chi connectivity index (χ0n) is 9.55. The molecule has 18 heavy (non-hydrogen) atoms. The highest BCUT2D eigenvalue weighted by Crippen LogP contribution is 2.13. The number of aromatic nitrogens is 3. The first-order chi connectivity index (χ1) is 8.70. The Balaban J connectivity index is 1.92. The highest BCUT2D eigenvalue weighted by Gasteiger charge is 2.04. The Morgan fingerprint density at radius 3 is 2.72 bits per heavy atom. The molecule has 5 heteroatoms. The van der Waals surface area contributed by atoms with E-state index in [1.165, 1.54) is 0 Å². The van der Waals surface area contributed by atoms with Crippen molar-refractivity contribution in [3.63, 3.8) is 0 Å². The maximum absolute atomic E-state index is 5.85. The van der Waals surface area contributed by atoms with Gasteiger partial charge in [-0.1, -0.05) is 23.7 Å². The first-order valence-corrected chi connectivity index (χ1v) is 5.94. The van der Waals surface area contributed by atoms with Gasteiger partial charge in [0, 0.05) is 29.4 Å². The molecule has 90 valence electrons. The number of pyridine rings is 1. The molecule has 2 aromatic heterocycles. The van der Waals surface area contributed by atoms with Gasteiger partial charge in [-0.2, -0.15) is 5.10 Å². The van der Waals surface area contributed by atoms with Crippen molar-refractivity contribution in [1.29, 1.82) is 0 Å². The van der Waals surface area contributed by atoms with Crippen LogP contribution in [0.5, 0.6) is 0 Å². The molecule has 0 fully saturated rings. The van der Waals surface area contributed by atoms with Gasteiger partial charge in [0.2, 0.25) is 0 Å². The van der Waals surface area contributed by atoms with Crippen molar-refractivity contribution in [1.82, 2.24) is 14.6 Å². The molecule has 4 nitrogen and oxygen atoms in total. The summed E-state index contributed by atoms with van der Waals surface area (Å²) in [6, 6.07) is 11.3. The van der Waals surface area contributed by atoms with Crippen LogP contribution in [0.2, 0.25) is 5.02 Å². The van der Waals surface area contributed by atoms with E-state index in [9.17, 15) is 0 Å². The summed E-state index contributed by atoms with van der Waals surface area (Å²) < 4.78 is 1.72. The number of nitrogens with two attached hydrogens (primary N) is 1. The zero-order chi connectivity index (χ0) is 12.5. The summed E-state index contributed by atoms with van der Waals surface area (Å²) >= 11 is 5.85. The summed E-state index contributed by atoms with van der Waals surface area (Å²) in [5.74, 6) is 0.767. The van der Waals surface area contributed by atoms with Gasteiger partial charge in [0.15, 0.2) is 11.5 Å². The van der Waals surface area contributed by atoms with Crippen molar-refractivity contribution in [3.05, 3.63) is 59.0 Å². The Morgan fingerprint density at radius 1 is 1.17 bits per heavy atom. The summed E-state index contributed by atoms with van der Waals surface area (Å²) in [6.45, 7) is 0. The molecule has 0 unspecified atom stereocenters. The lowest BCUT2D eigenvalue weighted by molar-refractivity contribution is 0.900. The van der Waals surface area contributed by atoms with Crippen LogP contribution in [0.4, 0.5) is 5.69 Å². The summed E-state index contributed by atoms with van der Waals surface area (Å²) in [4.78, 5) is 4.43. The van der Waals surface area contributed by atoms with Gasteiger partial charge >= 0.3 is 0 Å². The molecule has 1 aromatic carbocycles. The second-order valence-corrected chi connectivity index (χ2v) is 4.53. The molecule has 0 saturated heterocycles. The van der Waals surface area contributed by atoms with Crippen LogP contribution in [0.15, 0.2) is 42.6 Å². The maximum atomic E-state index is 5.85. The molecule has 2 heterocycles. The smallest absolute Gasteiger partial charge is 0.157 e. The molecule has 0 saturated carbocycles. The predicted molar refractivity (Wildman–Crippen MR) is 71.7 cm³/mol. The molecule has 0 aliphatic carbocycles. The van der Waals surface area contributed by atoms with Crippen LogP contribution in [-0.2, 0) is 6.42 Å². The standard InChI is InChI=1S/C13H11ClN4/c14-10-3-1-9(2-4-10)7-12-16-13-8-11(15)5-6-18(13)17-12/h1-6,8H,7,15H2. The summed E-state index contributed by atoms with van der Waals surface area (Å²) in [7, 11) is 0. The lowest BCUT2D eigenvalue weighted by Crippen LogP contribution is -1.92. The molecule has 0 spiro atoms. The van der Waals surface area contributed by atoms with Crippen molar-refractivity contribution in [2.75, 3.05) is 5.73 Å². The van der Waals surface area contributed by atoms with Crippen molar-refractivity contribution >= 4 is 22.9 Å². The monoisotopic (exact) mass is 258 g/mol. The molecule has 0 aliphatic rings. The molecule has 0 atom stereocenters.